The molecular weight excluding hydrogens is 368 g/mol. The van der Waals surface area contributed by atoms with Crippen LogP contribution in [0.1, 0.15) is 11.3 Å². The van der Waals surface area contributed by atoms with Crippen molar-refractivity contribution in [1.82, 2.24) is 29.6 Å². The van der Waals surface area contributed by atoms with Crippen LogP contribution in [0, 0.1) is 6.92 Å². The number of aryl methyl sites for hydroxylation is 1. The molecule has 4 aromatic heterocycles. The average Bonchev–Trinajstić information content (AvgIpc) is 3.32. The monoisotopic (exact) mass is 382 g/mol. The number of rotatable bonds is 5. The summed E-state index contributed by atoms with van der Waals surface area (Å²) in [6, 6.07) is 6.86. The van der Waals surface area contributed by atoms with Gasteiger partial charge in [-0.25, -0.2) is 9.78 Å². The normalized spacial score (nSPS) is 11.0. The molecule has 136 valence electrons. The van der Waals surface area contributed by atoms with Gasteiger partial charge in [0, 0.05) is 23.2 Å². The second-order valence-electron chi connectivity index (χ2n) is 5.79. The highest BCUT2D eigenvalue weighted by Gasteiger charge is 2.12. The van der Waals surface area contributed by atoms with E-state index in [0.29, 0.717) is 17.2 Å². The highest BCUT2D eigenvalue weighted by atomic mass is 32.1. The number of ether oxygens (including phenoxy) is 1. The topological polar surface area (TPSA) is 104 Å². The molecule has 0 aliphatic heterocycles. The van der Waals surface area contributed by atoms with Crippen LogP contribution in [0.4, 0.5) is 0 Å². The van der Waals surface area contributed by atoms with Gasteiger partial charge in [0.15, 0.2) is 6.54 Å². The van der Waals surface area contributed by atoms with Crippen molar-refractivity contribution in [2.45, 2.75) is 20.1 Å². The largest absolute Gasteiger partial charge is 0.458 e. The van der Waals surface area contributed by atoms with E-state index in [9.17, 15) is 9.59 Å². The zero-order valence-corrected chi connectivity index (χ0v) is 15.1. The first-order valence-electron chi connectivity index (χ1n) is 8.04. The number of carbonyl (C=O) groups is 1. The maximum Gasteiger partial charge on any atom is 0.330 e. The minimum atomic E-state index is -0.545. The molecule has 9 nitrogen and oxygen atoms in total. The van der Waals surface area contributed by atoms with E-state index >= 15 is 0 Å². The molecule has 0 N–H and O–H groups in total. The van der Waals surface area contributed by atoms with Gasteiger partial charge in [-0.2, -0.15) is 16.1 Å². The van der Waals surface area contributed by atoms with E-state index in [1.165, 1.54) is 26.6 Å². The molecule has 10 heteroatoms. The molecule has 0 bridgehead atoms. The minimum Gasteiger partial charge on any atom is -0.458 e. The Bertz CT molecular complexity index is 1170. The number of fused-ring (bicyclic) bond motifs is 1. The Kier molecular flexibility index (Phi) is 4.47. The summed E-state index contributed by atoms with van der Waals surface area (Å²) in [4.78, 5) is 29.7. The van der Waals surface area contributed by atoms with E-state index in [0.717, 1.165) is 11.1 Å². The molecule has 0 saturated carbocycles. The van der Waals surface area contributed by atoms with Gasteiger partial charge in [-0.3, -0.25) is 9.20 Å². The standard InChI is InChI=1S/C17H14N6O3S/c1-11-3-2-5-22-14(24)7-13(18-17(11)22)9-26-15(25)8-23-20-16(19-21-23)12-4-6-27-10-12/h2-7,10H,8-9H2,1H3. The molecule has 0 radical (unpaired) electrons. The number of carbonyl (C=O) groups excluding carboxylic acids is 1. The number of hydrogen-bond acceptors (Lipinski definition) is 8. The van der Waals surface area contributed by atoms with Gasteiger partial charge in [0.1, 0.15) is 12.3 Å². The molecule has 27 heavy (non-hydrogen) atoms. The van der Waals surface area contributed by atoms with Gasteiger partial charge in [0.2, 0.25) is 5.82 Å². The molecule has 0 amide bonds. The lowest BCUT2D eigenvalue weighted by Crippen LogP contribution is -2.19. The molecule has 0 aliphatic rings. The molecular formula is C17H14N6O3S. The second kappa shape index (κ2) is 7.08. The molecule has 0 spiro atoms. The van der Waals surface area contributed by atoms with Gasteiger partial charge in [-0.1, -0.05) is 6.07 Å². The highest BCUT2D eigenvalue weighted by Crippen LogP contribution is 2.16. The van der Waals surface area contributed by atoms with E-state index in [1.807, 2.05) is 29.8 Å². The third-order valence-electron chi connectivity index (χ3n) is 3.82. The first-order chi connectivity index (χ1) is 13.1. The molecule has 4 rings (SSSR count). The predicted molar refractivity (Wildman–Crippen MR) is 97.1 cm³/mol. The van der Waals surface area contributed by atoms with Crippen molar-refractivity contribution in [3.05, 3.63) is 62.8 Å². The molecule has 0 aliphatic carbocycles. The van der Waals surface area contributed by atoms with Crippen LogP contribution in [0.3, 0.4) is 0 Å². The molecule has 0 atom stereocenters. The van der Waals surface area contributed by atoms with Crippen molar-refractivity contribution in [2.24, 2.45) is 0 Å². The van der Waals surface area contributed by atoms with E-state index < -0.39 is 5.97 Å². The fourth-order valence-corrected chi connectivity index (χ4v) is 3.15. The lowest BCUT2D eigenvalue weighted by atomic mass is 10.3. The van der Waals surface area contributed by atoms with Crippen molar-refractivity contribution in [3.8, 4) is 11.4 Å². The van der Waals surface area contributed by atoms with Gasteiger partial charge in [0.25, 0.3) is 5.56 Å². The SMILES string of the molecule is Cc1cccn2c(=O)cc(COC(=O)Cn3nnc(-c4ccsc4)n3)nc12. The second-order valence-corrected chi connectivity index (χ2v) is 6.57. The molecule has 0 aromatic carbocycles. The van der Waals surface area contributed by atoms with Crippen LogP contribution in [0.25, 0.3) is 17.0 Å². The van der Waals surface area contributed by atoms with Crippen LogP contribution in [0.15, 0.2) is 46.0 Å². The van der Waals surface area contributed by atoms with Crippen molar-refractivity contribution >= 4 is 23.0 Å². The van der Waals surface area contributed by atoms with E-state index in [2.05, 4.69) is 20.4 Å². The minimum absolute atomic E-state index is 0.106. The van der Waals surface area contributed by atoms with Gasteiger partial charge in [-0.15, -0.1) is 10.2 Å². The Morgan fingerprint density at radius 1 is 1.33 bits per heavy atom. The van der Waals surface area contributed by atoms with Crippen LogP contribution in [0.5, 0.6) is 0 Å². The summed E-state index contributed by atoms with van der Waals surface area (Å²) >= 11 is 1.52. The van der Waals surface area contributed by atoms with Gasteiger partial charge < -0.3 is 4.74 Å². The fourth-order valence-electron chi connectivity index (χ4n) is 2.52. The van der Waals surface area contributed by atoms with Crippen LogP contribution < -0.4 is 5.56 Å². The number of hydrogen-bond donors (Lipinski definition) is 0. The Labute approximate surface area is 156 Å². The molecule has 0 saturated heterocycles. The summed E-state index contributed by atoms with van der Waals surface area (Å²) in [6.45, 7) is 1.58. The lowest BCUT2D eigenvalue weighted by Gasteiger charge is -2.07. The molecule has 4 heterocycles. The molecule has 0 fully saturated rings. The number of pyridine rings is 1. The summed E-state index contributed by atoms with van der Waals surface area (Å²) < 4.78 is 6.65. The third kappa shape index (κ3) is 3.60. The lowest BCUT2D eigenvalue weighted by molar-refractivity contribution is -0.146. The molecule has 0 unspecified atom stereocenters. The number of esters is 1. The Hall–Kier alpha value is -3.40. The van der Waals surface area contributed by atoms with E-state index in [4.69, 9.17) is 4.74 Å². The van der Waals surface area contributed by atoms with Crippen molar-refractivity contribution in [3.63, 3.8) is 0 Å². The Morgan fingerprint density at radius 3 is 3.04 bits per heavy atom. The smallest absolute Gasteiger partial charge is 0.330 e. The van der Waals surface area contributed by atoms with Crippen molar-refractivity contribution in [2.75, 3.05) is 0 Å². The first-order valence-corrected chi connectivity index (χ1v) is 8.98. The van der Waals surface area contributed by atoms with Gasteiger partial charge in [-0.05, 0) is 35.2 Å². The zero-order valence-electron chi connectivity index (χ0n) is 14.3. The van der Waals surface area contributed by atoms with Crippen molar-refractivity contribution < 1.29 is 9.53 Å². The maximum atomic E-state index is 12.2. The van der Waals surface area contributed by atoms with Gasteiger partial charge >= 0.3 is 5.97 Å². The van der Waals surface area contributed by atoms with Crippen LogP contribution in [-0.4, -0.2) is 35.6 Å². The predicted octanol–water partition coefficient (Wildman–Crippen LogP) is 1.46. The number of tetrazole rings is 1. The number of thiophene rings is 1. The molecule has 4 aromatic rings. The quantitative estimate of drug-likeness (QED) is 0.481. The fraction of sp³-hybridized carbons (Fsp3) is 0.176. The summed E-state index contributed by atoms with van der Waals surface area (Å²) in [5.74, 6) is -0.0974. The number of nitrogens with zero attached hydrogens (tertiary/aromatic N) is 6. The Morgan fingerprint density at radius 2 is 2.22 bits per heavy atom. The summed E-state index contributed by atoms with van der Waals surface area (Å²) in [5.41, 5.74) is 2.39. The first kappa shape index (κ1) is 17.0. The zero-order chi connectivity index (χ0) is 18.8. The summed E-state index contributed by atoms with van der Waals surface area (Å²) in [5, 5.41) is 15.7. The highest BCUT2D eigenvalue weighted by molar-refractivity contribution is 7.08. The van der Waals surface area contributed by atoms with Crippen LogP contribution in [0.2, 0.25) is 0 Å². The Balaban J connectivity index is 1.43. The maximum absolute atomic E-state index is 12.2. The average molecular weight is 382 g/mol. The van der Waals surface area contributed by atoms with Crippen molar-refractivity contribution in [1.29, 1.82) is 0 Å². The van der Waals surface area contributed by atoms with E-state index in [-0.39, 0.29) is 18.7 Å². The van der Waals surface area contributed by atoms with E-state index in [1.54, 1.807) is 12.3 Å². The number of aromatic nitrogens is 6. The summed E-state index contributed by atoms with van der Waals surface area (Å²) in [6.07, 6.45) is 1.65. The van der Waals surface area contributed by atoms with Crippen LogP contribution >= 0.6 is 11.3 Å². The van der Waals surface area contributed by atoms with Crippen LogP contribution in [-0.2, 0) is 22.7 Å². The van der Waals surface area contributed by atoms with Gasteiger partial charge in [0.05, 0.1) is 5.69 Å². The third-order valence-corrected chi connectivity index (χ3v) is 4.51. The summed E-state index contributed by atoms with van der Waals surface area (Å²) in [7, 11) is 0.